The van der Waals surface area contributed by atoms with Crippen LogP contribution >= 0.6 is 0 Å². The lowest BCUT2D eigenvalue weighted by Crippen LogP contribution is -2.14. The van der Waals surface area contributed by atoms with Gasteiger partial charge in [0, 0.05) is 35.9 Å². The summed E-state index contributed by atoms with van der Waals surface area (Å²) in [6.45, 7) is 0. The number of nitrogens with zero attached hydrogens (tertiary/aromatic N) is 2. The first kappa shape index (κ1) is 11.8. The second kappa shape index (κ2) is 5.16. The molecule has 0 aliphatic rings. The van der Waals surface area contributed by atoms with Crippen LogP contribution in [0.4, 0.5) is 0 Å². The molecule has 0 aliphatic heterocycles. The topological polar surface area (TPSA) is 51.8 Å². The maximum atomic E-state index is 6.19. The van der Waals surface area contributed by atoms with Crippen molar-refractivity contribution in [1.29, 1.82) is 0 Å². The normalized spacial score (nSPS) is 12.5. The van der Waals surface area contributed by atoms with Gasteiger partial charge in [0.25, 0.3) is 0 Å². The van der Waals surface area contributed by atoms with Crippen molar-refractivity contribution in [2.45, 2.75) is 12.5 Å². The highest BCUT2D eigenvalue weighted by Crippen LogP contribution is 2.17. The first-order chi connectivity index (χ1) is 9.33. The van der Waals surface area contributed by atoms with Crippen molar-refractivity contribution in [3.63, 3.8) is 0 Å². The molecule has 2 heterocycles. The molecule has 3 heteroatoms. The molecule has 0 spiro atoms. The van der Waals surface area contributed by atoms with Crippen LogP contribution in [-0.4, -0.2) is 9.97 Å². The van der Waals surface area contributed by atoms with Crippen molar-refractivity contribution in [1.82, 2.24) is 9.97 Å². The van der Waals surface area contributed by atoms with Gasteiger partial charge in [0.2, 0.25) is 0 Å². The Hall–Kier alpha value is -2.26. The third-order valence-electron chi connectivity index (χ3n) is 3.20. The number of fused-ring (bicyclic) bond motifs is 1. The molecule has 3 rings (SSSR count). The Kier molecular flexibility index (Phi) is 3.21. The fraction of sp³-hybridized carbons (Fsp3) is 0.125. The van der Waals surface area contributed by atoms with Gasteiger partial charge >= 0.3 is 0 Å². The lowest BCUT2D eigenvalue weighted by Gasteiger charge is -2.11. The van der Waals surface area contributed by atoms with Crippen molar-refractivity contribution < 1.29 is 0 Å². The van der Waals surface area contributed by atoms with Gasteiger partial charge in [-0.2, -0.15) is 0 Å². The summed E-state index contributed by atoms with van der Waals surface area (Å²) in [5.74, 6) is 0. The Morgan fingerprint density at radius 3 is 2.74 bits per heavy atom. The zero-order valence-corrected chi connectivity index (χ0v) is 10.5. The van der Waals surface area contributed by atoms with E-state index in [9.17, 15) is 0 Å². The number of para-hydroxylation sites is 1. The van der Waals surface area contributed by atoms with Gasteiger partial charge in [-0.25, -0.2) is 0 Å². The molecule has 0 fully saturated rings. The summed E-state index contributed by atoms with van der Waals surface area (Å²) in [7, 11) is 0. The maximum absolute atomic E-state index is 6.19. The number of aromatic nitrogens is 2. The third-order valence-corrected chi connectivity index (χ3v) is 3.20. The first-order valence-corrected chi connectivity index (χ1v) is 6.33. The third kappa shape index (κ3) is 2.61. The van der Waals surface area contributed by atoms with Crippen molar-refractivity contribution >= 4 is 10.9 Å². The SMILES string of the molecule is NC(Cc1ccc2ccccc2n1)c1cccnc1. The van der Waals surface area contributed by atoms with Crippen LogP contribution in [0, 0.1) is 0 Å². The fourth-order valence-electron chi connectivity index (χ4n) is 2.16. The monoisotopic (exact) mass is 249 g/mol. The second-order valence-corrected chi connectivity index (χ2v) is 4.59. The molecule has 0 radical (unpaired) electrons. The molecule has 19 heavy (non-hydrogen) atoms. The predicted octanol–water partition coefficient (Wildman–Crippen LogP) is 2.87. The quantitative estimate of drug-likeness (QED) is 0.776. The number of hydrogen-bond donors (Lipinski definition) is 1. The minimum Gasteiger partial charge on any atom is -0.324 e. The number of pyridine rings is 2. The van der Waals surface area contributed by atoms with E-state index in [1.807, 2.05) is 42.6 Å². The summed E-state index contributed by atoms with van der Waals surface area (Å²) >= 11 is 0. The van der Waals surface area contributed by atoms with Crippen LogP contribution in [0.15, 0.2) is 60.9 Å². The Balaban J connectivity index is 1.85. The van der Waals surface area contributed by atoms with Crippen LogP contribution in [0.25, 0.3) is 10.9 Å². The van der Waals surface area contributed by atoms with E-state index in [4.69, 9.17) is 5.73 Å². The summed E-state index contributed by atoms with van der Waals surface area (Å²) in [6.07, 6.45) is 4.28. The molecule has 1 aromatic carbocycles. The first-order valence-electron chi connectivity index (χ1n) is 6.33. The molecule has 0 aliphatic carbocycles. The van der Waals surface area contributed by atoms with Crippen LogP contribution in [0.1, 0.15) is 17.3 Å². The summed E-state index contributed by atoms with van der Waals surface area (Å²) in [6, 6.07) is 16.1. The molecular weight excluding hydrogens is 234 g/mol. The zero-order valence-electron chi connectivity index (χ0n) is 10.5. The number of benzene rings is 1. The Morgan fingerprint density at radius 2 is 1.89 bits per heavy atom. The van der Waals surface area contributed by atoms with Gasteiger partial charge in [-0.1, -0.05) is 30.3 Å². The Morgan fingerprint density at radius 1 is 1.00 bits per heavy atom. The summed E-state index contributed by atoms with van der Waals surface area (Å²) in [4.78, 5) is 8.74. The highest BCUT2D eigenvalue weighted by atomic mass is 14.7. The van der Waals surface area contributed by atoms with Gasteiger partial charge in [0.05, 0.1) is 5.52 Å². The van der Waals surface area contributed by atoms with Crippen LogP contribution in [-0.2, 0) is 6.42 Å². The van der Waals surface area contributed by atoms with E-state index < -0.39 is 0 Å². The molecule has 3 nitrogen and oxygen atoms in total. The smallest absolute Gasteiger partial charge is 0.0705 e. The minimum absolute atomic E-state index is 0.0673. The highest BCUT2D eigenvalue weighted by molar-refractivity contribution is 5.78. The standard InChI is InChI=1S/C16H15N3/c17-15(13-5-3-9-18-11-13)10-14-8-7-12-4-1-2-6-16(12)19-14/h1-9,11,15H,10,17H2. The maximum Gasteiger partial charge on any atom is 0.0705 e. The van der Waals surface area contributed by atoms with Crippen molar-refractivity contribution in [2.24, 2.45) is 5.73 Å². The van der Waals surface area contributed by atoms with E-state index in [0.29, 0.717) is 0 Å². The van der Waals surface area contributed by atoms with Gasteiger partial charge in [-0.15, -0.1) is 0 Å². The largest absolute Gasteiger partial charge is 0.324 e. The van der Waals surface area contributed by atoms with E-state index in [-0.39, 0.29) is 6.04 Å². The van der Waals surface area contributed by atoms with E-state index >= 15 is 0 Å². The van der Waals surface area contributed by atoms with E-state index in [2.05, 4.69) is 22.1 Å². The number of hydrogen-bond acceptors (Lipinski definition) is 3. The zero-order chi connectivity index (χ0) is 13.1. The van der Waals surface area contributed by atoms with Crippen LogP contribution in [0.3, 0.4) is 0 Å². The van der Waals surface area contributed by atoms with E-state index in [0.717, 1.165) is 28.6 Å². The molecule has 0 saturated heterocycles. The van der Waals surface area contributed by atoms with Crippen molar-refractivity contribution in [3.8, 4) is 0 Å². The van der Waals surface area contributed by atoms with Gasteiger partial charge in [0.15, 0.2) is 0 Å². The molecule has 1 atom stereocenters. The molecule has 3 aromatic rings. The summed E-state index contributed by atoms with van der Waals surface area (Å²) < 4.78 is 0. The van der Waals surface area contributed by atoms with E-state index in [1.165, 1.54) is 0 Å². The minimum atomic E-state index is -0.0673. The van der Waals surface area contributed by atoms with Crippen LogP contribution in [0.5, 0.6) is 0 Å². The molecule has 0 bridgehead atoms. The molecule has 2 N–H and O–H groups in total. The van der Waals surface area contributed by atoms with Crippen LogP contribution in [0.2, 0.25) is 0 Å². The summed E-state index contributed by atoms with van der Waals surface area (Å²) in [5.41, 5.74) is 9.25. The molecule has 2 aromatic heterocycles. The average molecular weight is 249 g/mol. The number of rotatable bonds is 3. The van der Waals surface area contributed by atoms with Crippen molar-refractivity contribution in [3.05, 3.63) is 72.2 Å². The van der Waals surface area contributed by atoms with Crippen molar-refractivity contribution in [2.75, 3.05) is 0 Å². The average Bonchev–Trinajstić information content (AvgIpc) is 2.48. The molecule has 1 unspecified atom stereocenters. The second-order valence-electron chi connectivity index (χ2n) is 4.59. The predicted molar refractivity (Wildman–Crippen MR) is 76.6 cm³/mol. The summed E-state index contributed by atoms with van der Waals surface area (Å²) in [5, 5.41) is 1.15. The van der Waals surface area contributed by atoms with Gasteiger partial charge in [-0.05, 0) is 23.8 Å². The van der Waals surface area contributed by atoms with Gasteiger partial charge < -0.3 is 5.73 Å². The van der Waals surface area contributed by atoms with Gasteiger partial charge in [-0.3, -0.25) is 9.97 Å². The molecule has 94 valence electrons. The lowest BCUT2D eigenvalue weighted by molar-refractivity contribution is 0.705. The molecule has 0 amide bonds. The highest BCUT2D eigenvalue weighted by Gasteiger charge is 2.08. The van der Waals surface area contributed by atoms with E-state index in [1.54, 1.807) is 6.20 Å². The lowest BCUT2D eigenvalue weighted by atomic mass is 10.0. The fourth-order valence-corrected chi connectivity index (χ4v) is 2.16. The molecule has 0 saturated carbocycles. The molecular formula is C16H15N3. The number of nitrogens with two attached hydrogens (primary N) is 1. The Bertz CT molecular complexity index is 680. The Labute approximate surface area is 112 Å². The van der Waals surface area contributed by atoms with Crippen LogP contribution < -0.4 is 5.73 Å². The van der Waals surface area contributed by atoms with Gasteiger partial charge in [0.1, 0.15) is 0 Å².